The van der Waals surface area contributed by atoms with Crippen LogP contribution in [0.5, 0.6) is 0 Å². The largest absolute Gasteiger partial charge is 0.465 e. The molecule has 6 nitrogen and oxygen atoms in total. The van der Waals surface area contributed by atoms with Gasteiger partial charge in [0.05, 0.1) is 17.9 Å². The standard InChI is InChI=1S/C22H26N2O4S2/c1-12-8-9-17-18(10-12)30-21(19(17)22(27)28-4)24-20(26)13(2)29-16-7-5-6-15(11-16)23-14(3)25/h5-7,11-13H,8-10H2,1-4H3,(H,23,25)(H,24,26). The first kappa shape index (κ1) is 22.4. The van der Waals surface area contributed by atoms with Crippen molar-refractivity contribution in [1.82, 2.24) is 0 Å². The molecule has 0 bridgehead atoms. The van der Waals surface area contributed by atoms with E-state index in [-0.39, 0.29) is 17.1 Å². The fraction of sp³-hybridized carbons (Fsp3) is 0.409. The number of rotatable bonds is 6. The second-order valence-corrected chi connectivity index (χ2v) is 10.0. The van der Waals surface area contributed by atoms with Crippen LogP contribution < -0.4 is 10.6 Å². The lowest BCUT2D eigenvalue weighted by Gasteiger charge is -2.18. The molecular formula is C22H26N2O4S2. The van der Waals surface area contributed by atoms with Gasteiger partial charge in [-0.3, -0.25) is 9.59 Å². The van der Waals surface area contributed by atoms with Gasteiger partial charge in [0.25, 0.3) is 0 Å². The van der Waals surface area contributed by atoms with Gasteiger partial charge in [-0.25, -0.2) is 4.79 Å². The number of benzene rings is 1. The minimum atomic E-state index is -0.402. The highest BCUT2D eigenvalue weighted by atomic mass is 32.2. The summed E-state index contributed by atoms with van der Waals surface area (Å²) in [6.07, 6.45) is 2.77. The van der Waals surface area contributed by atoms with Gasteiger partial charge in [0.15, 0.2) is 0 Å². The summed E-state index contributed by atoms with van der Waals surface area (Å²) >= 11 is 2.87. The van der Waals surface area contributed by atoms with Crippen LogP contribution in [0.15, 0.2) is 29.2 Å². The van der Waals surface area contributed by atoms with Gasteiger partial charge in [0.1, 0.15) is 5.00 Å². The molecule has 2 aromatic rings. The maximum Gasteiger partial charge on any atom is 0.341 e. The third-order valence-corrected chi connectivity index (χ3v) is 7.24. The number of hydrogen-bond acceptors (Lipinski definition) is 6. The van der Waals surface area contributed by atoms with Crippen LogP contribution in [0.2, 0.25) is 0 Å². The highest BCUT2D eigenvalue weighted by molar-refractivity contribution is 8.00. The monoisotopic (exact) mass is 446 g/mol. The number of methoxy groups -OCH3 is 1. The molecule has 0 aliphatic heterocycles. The van der Waals surface area contributed by atoms with Crippen molar-refractivity contribution < 1.29 is 19.1 Å². The summed E-state index contributed by atoms with van der Waals surface area (Å²) in [5, 5.41) is 5.88. The molecule has 0 spiro atoms. The zero-order chi connectivity index (χ0) is 21.8. The van der Waals surface area contributed by atoms with Crippen molar-refractivity contribution in [2.45, 2.75) is 50.2 Å². The van der Waals surface area contributed by atoms with Gasteiger partial charge < -0.3 is 15.4 Å². The molecule has 2 N–H and O–H groups in total. The van der Waals surface area contributed by atoms with Crippen LogP contribution in [-0.2, 0) is 27.2 Å². The molecule has 1 aliphatic rings. The molecule has 30 heavy (non-hydrogen) atoms. The first-order valence-electron chi connectivity index (χ1n) is 9.86. The van der Waals surface area contributed by atoms with Gasteiger partial charge in [0, 0.05) is 22.4 Å². The van der Waals surface area contributed by atoms with Crippen molar-refractivity contribution in [3.05, 3.63) is 40.3 Å². The lowest BCUT2D eigenvalue weighted by molar-refractivity contribution is -0.115. The third kappa shape index (κ3) is 5.23. The maximum absolute atomic E-state index is 12.9. The molecule has 2 unspecified atom stereocenters. The van der Waals surface area contributed by atoms with Crippen molar-refractivity contribution >= 4 is 51.6 Å². The van der Waals surface area contributed by atoms with Crippen LogP contribution in [-0.4, -0.2) is 30.1 Å². The maximum atomic E-state index is 12.9. The van der Waals surface area contributed by atoms with Gasteiger partial charge in [0.2, 0.25) is 11.8 Å². The number of esters is 1. The predicted molar refractivity (Wildman–Crippen MR) is 122 cm³/mol. The fourth-order valence-electron chi connectivity index (χ4n) is 3.48. The number of ether oxygens (including phenoxy) is 1. The van der Waals surface area contributed by atoms with Gasteiger partial charge >= 0.3 is 5.97 Å². The van der Waals surface area contributed by atoms with Crippen molar-refractivity contribution in [1.29, 1.82) is 0 Å². The van der Waals surface area contributed by atoms with E-state index < -0.39 is 5.97 Å². The summed E-state index contributed by atoms with van der Waals surface area (Å²) in [4.78, 5) is 38.6. The van der Waals surface area contributed by atoms with E-state index in [0.717, 1.165) is 34.6 Å². The number of anilines is 2. The minimum absolute atomic E-state index is 0.144. The van der Waals surface area contributed by atoms with Crippen LogP contribution in [0.1, 0.15) is 48.0 Å². The summed E-state index contributed by atoms with van der Waals surface area (Å²) in [6, 6.07) is 7.36. The smallest absolute Gasteiger partial charge is 0.341 e. The second kappa shape index (κ2) is 9.66. The summed E-state index contributed by atoms with van der Waals surface area (Å²) in [5.74, 6) is -0.160. The number of amides is 2. The predicted octanol–water partition coefficient (Wildman–Crippen LogP) is 4.74. The Bertz CT molecular complexity index is 970. The molecule has 3 rings (SSSR count). The summed E-state index contributed by atoms with van der Waals surface area (Å²) in [5.41, 5.74) is 2.21. The molecule has 2 amide bonds. The van der Waals surface area contributed by atoms with E-state index in [2.05, 4.69) is 17.6 Å². The molecule has 160 valence electrons. The Kier molecular flexibility index (Phi) is 7.20. The lowest BCUT2D eigenvalue weighted by Crippen LogP contribution is -2.23. The Morgan fingerprint density at radius 1 is 1.27 bits per heavy atom. The molecule has 0 saturated heterocycles. The van der Waals surface area contributed by atoms with Crippen molar-refractivity contribution in [2.24, 2.45) is 5.92 Å². The summed E-state index contributed by atoms with van der Waals surface area (Å²) in [7, 11) is 1.37. The minimum Gasteiger partial charge on any atom is -0.465 e. The molecule has 1 aromatic carbocycles. The van der Waals surface area contributed by atoms with Gasteiger partial charge in [-0.2, -0.15) is 0 Å². The Balaban J connectivity index is 1.75. The SMILES string of the molecule is COC(=O)c1c(NC(=O)C(C)Sc2cccc(NC(C)=O)c2)sc2c1CCC(C)C2. The molecule has 8 heteroatoms. The number of nitrogens with one attached hydrogen (secondary N) is 2. The van der Waals surface area contributed by atoms with Gasteiger partial charge in [-0.05, 0) is 55.9 Å². The lowest BCUT2D eigenvalue weighted by atomic mass is 9.88. The van der Waals surface area contributed by atoms with E-state index in [4.69, 9.17) is 4.74 Å². The number of hydrogen-bond donors (Lipinski definition) is 2. The number of fused-ring (bicyclic) bond motifs is 1. The highest BCUT2D eigenvalue weighted by Crippen LogP contribution is 2.40. The molecule has 0 radical (unpaired) electrons. The number of thioether (sulfide) groups is 1. The van der Waals surface area contributed by atoms with Crippen LogP contribution in [0.3, 0.4) is 0 Å². The van der Waals surface area contributed by atoms with Crippen LogP contribution >= 0.6 is 23.1 Å². The summed E-state index contributed by atoms with van der Waals surface area (Å²) < 4.78 is 4.99. The fourth-order valence-corrected chi connectivity index (χ4v) is 5.81. The van der Waals surface area contributed by atoms with E-state index in [9.17, 15) is 14.4 Å². The van der Waals surface area contributed by atoms with Crippen molar-refractivity contribution in [2.75, 3.05) is 17.7 Å². The normalized spacial score (nSPS) is 16.3. The Labute approximate surface area is 184 Å². The van der Waals surface area contributed by atoms with Crippen molar-refractivity contribution in [3.8, 4) is 0 Å². The molecule has 1 aliphatic carbocycles. The number of carbonyl (C=O) groups excluding carboxylic acids is 3. The highest BCUT2D eigenvalue weighted by Gasteiger charge is 2.29. The van der Waals surface area contributed by atoms with E-state index in [1.54, 1.807) is 6.07 Å². The van der Waals surface area contributed by atoms with Gasteiger partial charge in [-0.1, -0.05) is 13.0 Å². The van der Waals surface area contributed by atoms with E-state index in [0.29, 0.717) is 22.2 Å². The average Bonchev–Trinajstić information content (AvgIpc) is 3.03. The first-order chi connectivity index (χ1) is 14.3. The molecule has 1 aromatic heterocycles. The van der Waals surface area contributed by atoms with Gasteiger partial charge in [-0.15, -0.1) is 23.1 Å². The Morgan fingerprint density at radius 2 is 2.03 bits per heavy atom. The van der Waals surface area contributed by atoms with Crippen LogP contribution in [0.4, 0.5) is 10.7 Å². The zero-order valence-electron chi connectivity index (χ0n) is 17.5. The van der Waals surface area contributed by atoms with E-state index >= 15 is 0 Å². The molecule has 0 fully saturated rings. The Morgan fingerprint density at radius 3 is 2.73 bits per heavy atom. The Hall–Kier alpha value is -2.32. The van der Waals surface area contributed by atoms with Crippen LogP contribution in [0.25, 0.3) is 0 Å². The van der Waals surface area contributed by atoms with E-state index in [1.165, 1.54) is 37.1 Å². The molecule has 1 heterocycles. The topological polar surface area (TPSA) is 84.5 Å². The number of carbonyl (C=O) groups is 3. The third-order valence-electron chi connectivity index (χ3n) is 4.97. The zero-order valence-corrected chi connectivity index (χ0v) is 19.2. The van der Waals surface area contributed by atoms with Crippen molar-refractivity contribution in [3.63, 3.8) is 0 Å². The van der Waals surface area contributed by atoms with Crippen LogP contribution in [0, 0.1) is 5.92 Å². The molecular weight excluding hydrogens is 420 g/mol. The first-order valence-corrected chi connectivity index (χ1v) is 11.6. The molecule has 0 saturated carbocycles. The molecule has 2 atom stereocenters. The second-order valence-electron chi connectivity index (χ2n) is 7.51. The quantitative estimate of drug-likeness (QED) is 0.495. The summed E-state index contributed by atoms with van der Waals surface area (Å²) in [6.45, 7) is 5.47. The number of thiophene rings is 1. The average molecular weight is 447 g/mol. The van der Waals surface area contributed by atoms with E-state index in [1.807, 2.05) is 25.1 Å².